The smallest absolute Gasteiger partial charge is 0.156 e. The van der Waals surface area contributed by atoms with Gasteiger partial charge in [0, 0.05) is 29.7 Å². The summed E-state index contributed by atoms with van der Waals surface area (Å²) in [5.74, 6) is 0.0867. The van der Waals surface area contributed by atoms with Gasteiger partial charge in [0.05, 0.1) is 27.8 Å². The molecule has 1 fully saturated rings. The molecule has 0 N–H and O–H groups in total. The van der Waals surface area contributed by atoms with E-state index in [0.717, 1.165) is 16.6 Å². The molecule has 1 aliphatic rings. The molecule has 0 amide bonds. The van der Waals surface area contributed by atoms with E-state index in [-0.39, 0.29) is 5.75 Å². The van der Waals surface area contributed by atoms with Gasteiger partial charge < -0.3 is 4.90 Å². The number of fused-ring (bicyclic) bond motifs is 1. The number of nitriles is 1. The van der Waals surface area contributed by atoms with Gasteiger partial charge in [-0.15, -0.1) is 0 Å². The molecule has 7 heteroatoms. The topological polar surface area (TPSA) is 74.1 Å². The number of rotatable bonds is 1. The van der Waals surface area contributed by atoms with E-state index in [1.54, 1.807) is 25.1 Å². The van der Waals surface area contributed by atoms with Crippen molar-refractivity contribution in [1.82, 2.24) is 4.98 Å². The Kier molecular flexibility index (Phi) is 3.71. The fourth-order valence-electron chi connectivity index (χ4n) is 2.73. The van der Waals surface area contributed by atoms with Crippen molar-refractivity contribution in [2.24, 2.45) is 0 Å². The van der Waals surface area contributed by atoms with Crippen LogP contribution in [0.15, 0.2) is 24.4 Å². The highest BCUT2D eigenvalue weighted by molar-refractivity contribution is 7.92. The number of anilines is 1. The van der Waals surface area contributed by atoms with E-state index < -0.39 is 15.1 Å². The Morgan fingerprint density at radius 2 is 2.23 bits per heavy atom. The van der Waals surface area contributed by atoms with Gasteiger partial charge in [0.25, 0.3) is 0 Å². The maximum Gasteiger partial charge on any atom is 0.156 e. The molecule has 0 saturated carbocycles. The summed E-state index contributed by atoms with van der Waals surface area (Å²) in [6.45, 7) is 2.43. The van der Waals surface area contributed by atoms with Crippen molar-refractivity contribution in [1.29, 1.82) is 5.26 Å². The van der Waals surface area contributed by atoms with E-state index in [1.807, 2.05) is 4.90 Å². The number of hydrogen-bond donors (Lipinski definition) is 0. The van der Waals surface area contributed by atoms with Crippen LogP contribution in [-0.2, 0) is 9.84 Å². The second kappa shape index (κ2) is 5.41. The quantitative estimate of drug-likeness (QED) is 0.800. The van der Waals surface area contributed by atoms with E-state index in [2.05, 4.69) is 11.1 Å². The SMILES string of the molecule is C[C@@H]1CN(c2c(C#N)cnc3ccc(Cl)cc23)CCS1(=O)=O. The number of benzene rings is 1. The second-order valence-electron chi connectivity index (χ2n) is 5.42. The Balaban J connectivity index is 2.17. The monoisotopic (exact) mass is 335 g/mol. The predicted molar refractivity (Wildman–Crippen MR) is 86.9 cm³/mol. The van der Waals surface area contributed by atoms with Crippen LogP contribution in [0.1, 0.15) is 12.5 Å². The van der Waals surface area contributed by atoms with Crippen LogP contribution in [-0.4, -0.2) is 37.5 Å². The van der Waals surface area contributed by atoms with Crippen molar-refractivity contribution in [2.75, 3.05) is 23.7 Å². The molecule has 0 unspecified atom stereocenters. The third kappa shape index (κ3) is 2.51. The lowest BCUT2D eigenvalue weighted by Gasteiger charge is -2.33. The van der Waals surface area contributed by atoms with Gasteiger partial charge in [-0.2, -0.15) is 5.26 Å². The summed E-state index contributed by atoms with van der Waals surface area (Å²) in [7, 11) is -3.05. The Hall–Kier alpha value is -1.84. The van der Waals surface area contributed by atoms with Crippen LogP contribution in [0.3, 0.4) is 0 Å². The number of hydrogen-bond acceptors (Lipinski definition) is 5. The van der Waals surface area contributed by atoms with Crippen LogP contribution in [0.25, 0.3) is 10.9 Å². The first-order chi connectivity index (χ1) is 10.4. The Labute approximate surface area is 134 Å². The largest absolute Gasteiger partial charge is 0.368 e. The average Bonchev–Trinajstić information content (AvgIpc) is 2.49. The van der Waals surface area contributed by atoms with E-state index in [1.165, 1.54) is 6.20 Å². The fourth-order valence-corrected chi connectivity index (χ4v) is 4.19. The molecular weight excluding hydrogens is 322 g/mol. The van der Waals surface area contributed by atoms with Gasteiger partial charge in [0.15, 0.2) is 9.84 Å². The van der Waals surface area contributed by atoms with Crippen molar-refractivity contribution >= 4 is 38.0 Å². The molecule has 1 aromatic carbocycles. The highest BCUT2D eigenvalue weighted by atomic mass is 35.5. The number of halogens is 1. The number of nitrogens with zero attached hydrogens (tertiary/aromatic N) is 3. The zero-order valence-corrected chi connectivity index (χ0v) is 13.5. The molecule has 1 aromatic heterocycles. The Morgan fingerprint density at radius 3 is 2.91 bits per heavy atom. The molecule has 1 aliphatic heterocycles. The number of aromatic nitrogens is 1. The molecule has 22 heavy (non-hydrogen) atoms. The summed E-state index contributed by atoms with van der Waals surface area (Å²) >= 11 is 6.07. The maximum atomic E-state index is 11.9. The third-order valence-electron chi connectivity index (χ3n) is 3.97. The van der Waals surface area contributed by atoms with Crippen LogP contribution in [0.4, 0.5) is 5.69 Å². The number of pyridine rings is 1. The summed E-state index contributed by atoms with van der Waals surface area (Å²) in [6.07, 6.45) is 1.53. The van der Waals surface area contributed by atoms with E-state index in [0.29, 0.717) is 23.7 Å². The van der Waals surface area contributed by atoms with Crippen LogP contribution >= 0.6 is 11.6 Å². The van der Waals surface area contributed by atoms with E-state index in [4.69, 9.17) is 11.6 Å². The first-order valence-electron chi connectivity index (χ1n) is 6.87. The normalized spacial score (nSPS) is 20.8. The van der Waals surface area contributed by atoms with Crippen LogP contribution in [0.2, 0.25) is 5.02 Å². The third-order valence-corrected chi connectivity index (χ3v) is 6.34. The van der Waals surface area contributed by atoms with Gasteiger partial charge in [0.1, 0.15) is 6.07 Å². The summed E-state index contributed by atoms with van der Waals surface area (Å²) in [4.78, 5) is 6.22. The first kappa shape index (κ1) is 15.1. The van der Waals surface area contributed by atoms with E-state index >= 15 is 0 Å². The maximum absolute atomic E-state index is 11.9. The van der Waals surface area contributed by atoms with Crippen LogP contribution in [0.5, 0.6) is 0 Å². The molecule has 0 aliphatic carbocycles. The van der Waals surface area contributed by atoms with Crippen molar-refractivity contribution in [2.45, 2.75) is 12.2 Å². The average molecular weight is 336 g/mol. The summed E-state index contributed by atoms with van der Waals surface area (Å²) in [5.41, 5.74) is 1.89. The zero-order chi connectivity index (χ0) is 15.9. The Bertz CT molecular complexity index is 890. The minimum Gasteiger partial charge on any atom is -0.368 e. The minimum absolute atomic E-state index is 0.0867. The molecule has 0 spiro atoms. The molecular formula is C15H14ClN3O2S. The minimum atomic E-state index is -3.05. The summed E-state index contributed by atoms with van der Waals surface area (Å²) in [6, 6.07) is 7.46. The summed E-state index contributed by atoms with van der Waals surface area (Å²) in [5, 5.41) is 10.3. The highest BCUT2D eigenvalue weighted by Gasteiger charge is 2.31. The van der Waals surface area contributed by atoms with E-state index in [9.17, 15) is 13.7 Å². The van der Waals surface area contributed by atoms with Crippen molar-refractivity contribution < 1.29 is 8.42 Å². The first-order valence-corrected chi connectivity index (χ1v) is 8.96. The molecule has 2 heterocycles. The predicted octanol–water partition coefficient (Wildman–Crippen LogP) is 2.38. The van der Waals surface area contributed by atoms with Gasteiger partial charge in [0.2, 0.25) is 0 Å². The van der Waals surface area contributed by atoms with Crippen molar-refractivity contribution in [3.8, 4) is 6.07 Å². The lowest BCUT2D eigenvalue weighted by atomic mass is 10.1. The molecule has 2 aromatic rings. The molecule has 5 nitrogen and oxygen atoms in total. The number of sulfone groups is 1. The lowest BCUT2D eigenvalue weighted by Crippen LogP contribution is -2.45. The second-order valence-corrected chi connectivity index (χ2v) is 8.39. The van der Waals surface area contributed by atoms with Crippen molar-refractivity contribution in [3.63, 3.8) is 0 Å². The fraction of sp³-hybridized carbons (Fsp3) is 0.333. The molecule has 0 radical (unpaired) electrons. The lowest BCUT2D eigenvalue weighted by molar-refractivity contribution is 0.569. The highest BCUT2D eigenvalue weighted by Crippen LogP contribution is 2.33. The molecule has 1 atom stereocenters. The molecule has 0 bridgehead atoms. The standard InChI is InChI=1S/C15H14ClN3O2S/c1-10-9-19(4-5-22(10,20)21)15-11(7-17)8-18-14-3-2-12(16)6-13(14)15/h2-3,6,8,10H,4-5,9H2,1H3/t10-/m1/s1. The van der Waals surface area contributed by atoms with Gasteiger partial charge in [-0.25, -0.2) is 8.42 Å². The van der Waals surface area contributed by atoms with Crippen molar-refractivity contribution in [3.05, 3.63) is 35.0 Å². The Morgan fingerprint density at radius 1 is 1.45 bits per heavy atom. The van der Waals surface area contributed by atoms with Crippen LogP contribution < -0.4 is 4.90 Å². The van der Waals surface area contributed by atoms with Gasteiger partial charge in [-0.05, 0) is 25.1 Å². The molecule has 3 rings (SSSR count). The van der Waals surface area contributed by atoms with Gasteiger partial charge >= 0.3 is 0 Å². The van der Waals surface area contributed by atoms with Crippen LogP contribution in [0, 0.1) is 11.3 Å². The van der Waals surface area contributed by atoms with Gasteiger partial charge in [-0.1, -0.05) is 11.6 Å². The molecule has 1 saturated heterocycles. The molecule has 114 valence electrons. The zero-order valence-electron chi connectivity index (χ0n) is 12.0. The summed E-state index contributed by atoms with van der Waals surface area (Å²) < 4.78 is 23.8. The van der Waals surface area contributed by atoms with Gasteiger partial charge in [-0.3, -0.25) is 4.98 Å².